The first kappa shape index (κ1) is 26.8. The van der Waals surface area contributed by atoms with Crippen LogP contribution in [0, 0.1) is 11.3 Å². The third-order valence-electron chi connectivity index (χ3n) is 6.65. The second-order valence-corrected chi connectivity index (χ2v) is 9.38. The van der Waals surface area contributed by atoms with Crippen LogP contribution in [0.2, 0.25) is 0 Å². The Morgan fingerprint density at radius 3 is 2.37 bits per heavy atom. The maximum Gasteiger partial charge on any atom is 0.272 e. The topological polar surface area (TPSA) is 114 Å². The summed E-state index contributed by atoms with van der Waals surface area (Å²) in [5.74, 6) is -0.173. The molecule has 2 heterocycles. The van der Waals surface area contributed by atoms with Gasteiger partial charge in [-0.1, -0.05) is 18.2 Å². The average molecular weight is 518 g/mol. The molecule has 9 nitrogen and oxygen atoms in total. The monoisotopic (exact) mass is 517 g/mol. The molecule has 0 aliphatic carbocycles. The van der Waals surface area contributed by atoms with Crippen LogP contribution < -0.4 is 15.0 Å². The Morgan fingerprint density at radius 1 is 1.13 bits per heavy atom. The quantitative estimate of drug-likeness (QED) is 0.481. The fourth-order valence-corrected chi connectivity index (χ4v) is 4.71. The molecule has 2 aromatic carbocycles. The second-order valence-electron chi connectivity index (χ2n) is 9.38. The van der Waals surface area contributed by atoms with Crippen molar-refractivity contribution >= 4 is 5.91 Å². The lowest BCUT2D eigenvalue weighted by Crippen LogP contribution is -2.36. The van der Waals surface area contributed by atoms with Crippen molar-refractivity contribution in [1.82, 2.24) is 9.47 Å². The van der Waals surface area contributed by atoms with E-state index in [2.05, 4.69) is 6.07 Å². The lowest BCUT2D eigenvalue weighted by molar-refractivity contribution is 0.0619. The van der Waals surface area contributed by atoms with Crippen molar-refractivity contribution in [2.24, 2.45) is 0 Å². The van der Waals surface area contributed by atoms with Gasteiger partial charge in [0.2, 0.25) is 0 Å². The summed E-state index contributed by atoms with van der Waals surface area (Å²) >= 11 is 0. The summed E-state index contributed by atoms with van der Waals surface area (Å²) in [6, 6.07) is 15.9. The number of pyridine rings is 1. The van der Waals surface area contributed by atoms with Crippen molar-refractivity contribution in [2.75, 3.05) is 27.3 Å². The van der Waals surface area contributed by atoms with Crippen molar-refractivity contribution in [3.05, 3.63) is 81.3 Å². The van der Waals surface area contributed by atoms with Crippen LogP contribution in [0.4, 0.5) is 0 Å². The molecular weight excluding hydrogens is 486 g/mol. The molecule has 1 atom stereocenters. The van der Waals surface area contributed by atoms with Gasteiger partial charge in [-0.05, 0) is 50.1 Å². The molecule has 198 valence electrons. The number of para-hydroxylation sites is 1. The zero-order valence-electron chi connectivity index (χ0n) is 21.9. The highest BCUT2D eigenvalue weighted by Crippen LogP contribution is 2.34. The first-order chi connectivity index (χ1) is 18.3. The number of nitriles is 1. The number of carbonyl (C=O) groups excluding carboxylic acids is 1. The molecule has 1 amide bonds. The van der Waals surface area contributed by atoms with Crippen LogP contribution in [-0.2, 0) is 11.3 Å². The first-order valence-electron chi connectivity index (χ1n) is 12.4. The molecule has 1 aromatic heterocycles. The van der Waals surface area contributed by atoms with Crippen molar-refractivity contribution in [2.45, 2.75) is 38.9 Å². The summed E-state index contributed by atoms with van der Waals surface area (Å²) in [6.07, 6.45) is 0.568. The Kier molecular flexibility index (Phi) is 8.03. The van der Waals surface area contributed by atoms with E-state index in [1.807, 2.05) is 26.0 Å². The van der Waals surface area contributed by atoms with Crippen LogP contribution in [0.3, 0.4) is 0 Å². The van der Waals surface area contributed by atoms with Crippen molar-refractivity contribution in [3.8, 4) is 29.0 Å². The van der Waals surface area contributed by atoms with E-state index in [1.165, 1.54) is 24.9 Å². The van der Waals surface area contributed by atoms with Crippen LogP contribution in [0.1, 0.15) is 53.4 Å². The van der Waals surface area contributed by atoms with E-state index >= 15 is 0 Å². The summed E-state index contributed by atoms with van der Waals surface area (Å²) < 4.78 is 18.1. The summed E-state index contributed by atoms with van der Waals surface area (Å²) in [4.78, 5) is 29.2. The molecule has 0 radical (unpaired) electrons. The minimum absolute atomic E-state index is 0.0145. The largest absolute Gasteiger partial charge is 0.507 e. The molecule has 1 N–H and O–H groups in total. The number of hydrogen-bond acceptors (Lipinski definition) is 7. The molecule has 0 spiro atoms. The average Bonchev–Trinajstić information content (AvgIpc) is 3.42. The number of hydrogen-bond donors (Lipinski definition) is 1. The molecule has 0 bridgehead atoms. The Bertz CT molecular complexity index is 1400. The number of ether oxygens (including phenoxy) is 3. The van der Waals surface area contributed by atoms with Crippen LogP contribution in [0.5, 0.6) is 17.2 Å². The number of carbonyl (C=O) groups is 1. The van der Waals surface area contributed by atoms with Gasteiger partial charge in [-0.3, -0.25) is 14.2 Å². The molecular formula is C29H31N3O6. The molecule has 1 aliphatic rings. The third kappa shape index (κ3) is 5.22. The van der Waals surface area contributed by atoms with Crippen molar-refractivity contribution in [3.63, 3.8) is 0 Å². The summed E-state index contributed by atoms with van der Waals surface area (Å²) in [7, 11) is 2.96. The number of rotatable bonds is 8. The SMILES string of the molecule is COc1cccc(OC)c1-n1c(COC(C)C)cc(O)c(C(=O)N2CCC(c3ccc(C#N)cc3)C2)c1=O. The minimum Gasteiger partial charge on any atom is -0.507 e. The fourth-order valence-electron chi connectivity index (χ4n) is 4.71. The predicted octanol–water partition coefficient (Wildman–Crippen LogP) is 3.99. The summed E-state index contributed by atoms with van der Waals surface area (Å²) in [5, 5.41) is 20.0. The molecule has 0 saturated carbocycles. The van der Waals surface area contributed by atoms with E-state index < -0.39 is 17.2 Å². The number of methoxy groups -OCH3 is 2. The lowest BCUT2D eigenvalue weighted by atomic mass is 9.97. The molecule has 9 heteroatoms. The molecule has 4 rings (SSSR count). The van der Waals surface area contributed by atoms with Crippen molar-refractivity contribution < 1.29 is 24.1 Å². The maximum absolute atomic E-state index is 14.0. The van der Waals surface area contributed by atoms with Gasteiger partial charge < -0.3 is 24.2 Å². The fraction of sp³-hybridized carbons (Fsp3) is 0.345. The van der Waals surface area contributed by atoms with Crippen LogP contribution in [-0.4, -0.2) is 53.9 Å². The Hall–Kier alpha value is -4.29. The minimum atomic E-state index is -0.693. The lowest BCUT2D eigenvalue weighted by Gasteiger charge is -2.22. The first-order valence-corrected chi connectivity index (χ1v) is 12.4. The van der Waals surface area contributed by atoms with Gasteiger partial charge in [0.05, 0.1) is 44.3 Å². The number of aromatic hydroxyl groups is 1. The van der Waals surface area contributed by atoms with Crippen LogP contribution in [0.25, 0.3) is 5.69 Å². The number of likely N-dealkylation sites (tertiary alicyclic amines) is 1. The van der Waals surface area contributed by atoms with Gasteiger partial charge in [0.1, 0.15) is 28.5 Å². The highest BCUT2D eigenvalue weighted by atomic mass is 16.5. The highest BCUT2D eigenvalue weighted by molar-refractivity contribution is 5.97. The van der Waals surface area contributed by atoms with Gasteiger partial charge in [-0.15, -0.1) is 0 Å². The van der Waals surface area contributed by atoms with E-state index in [-0.39, 0.29) is 24.2 Å². The Morgan fingerprint density at radius 2 is 1.79 bits per heavy atom. The zero-order valence-corrected chi connectivity index (χ0v) is 21.9. The van der Waals surface area contributed by atoms with E-state index in [1.54, 1.807) is 35.2 Å². The summed E-state index contributed by atoms with van der Waals surface area (Å²) in [6.45, 7) is 4.56. The third-order valence-corrected chi connectivity index (χ3v) is 6.65. The highest BCUT2D eigenvalue weighted by Gasteiger charge is 2.33. The van der Waals surface area contributed by atoms with E-state index in [0.29, 0.717) is 48.0 Å². The standard InChI is InChI=1S/C29H31N3O6/c1-18(2)38-17-22-14-23(33)26(29(35)32(22)27-24(36-3)6-5-7-25(27)37-4)28(34)31-13-12-21(16-31)20-10-8-19(15-30)9-11-20/h5-11,14,18,21,33H,12-13,16-17H2,1-4H3. The maximum atomic E-state index is 14.0. The van der Waals surface area contributed by atoms with Crippen LogP contribution in [0.15, 0.2) is 53.3 Å². The Balaban J connectivity index is 1.77. The smallest absolute Gasteiger partial charge is 0.272 e. The molecule has 1 saturated heterocycles. The molecule has 1 aliphatic heterocycles. The van der Waals surface area contributed by atoms with E-state index in [0.717, 1.165) is 5.56 Å². The molecule has 3 aromatic rings. The van der Waals surface area contributed by atoms with Gasteiger partial charge in [0, 0.05) is 25.1 Å². The van der Waals surface area contributed by atoms with Gasteiger partial charge in [-0.25, -0.2) is 0 Å². The number of nitrogens with zero attached hydrogens (tertiary/aromatic N) is 3. The zero-order chi connectivity index (χ0) is 27.4. The molecule has 38 heavy (non-hydrogen) atoms. The number of aromatic nitrogens is 1. The predicted molar refractivity (Wildman–Crippen MR) is 141 cm³/mol. The second kappa shape index (κ2) is 11.4. The van der Waals surface area contributed by atoms with Crippen molar-refractivity contribution in [1.29, 1.82) is 5.26 Å². The van der Waals surface area contributed by atoms with E-state index in [4.69, 9.17) is 19.5 Å². The molecule has 1 unspecified atom stereocenters. The van der Waals surface area contributed by atoms with Gasteiger partial charge in [0.25, 0.3) is 11.5 Å². The van der Waals surface area contributed by atoms with Crippen LogP contribution >= 0.6 is 0 Å². The molecule has 1 fully saturated rings. The Labute approximate surface area is 221 Å². The number of benzene rings is 2. The van der Waals surface area contributed by atoms with Gasteiger partial charge >= 0.3 is 0 Å². The number of amides is 1. The summed E-state index contributed by atoms with van der Waals surface area (Å²) in [5.41, 5.74) is 1.22. The van der Waals surface area contributed by atoms with E-state index in [9.17, 15) is 14.7 Å². The van der Waals surface area contributed by atoms with Gasteiger partial charge in [-0.2, -0.15) is 5.26 Å². The normalized spacial score (nSPS) is 14.9. The van der Waals surface area contributed by atoms with Gasteiger partial charge in [0.15, 0.2) is 0 Å².